The predicted octanol–water partition coefficient (Wildman–Crippen LogP) is 1.42. The lowest BCUT2D eigenvalue weighted by Gasteiger charge is -2.22. The summed E-state index contributed by atoms with van der Waals surface area (Å²) >= 11 is 0. The second-order valence-corrected chi connectivity index (χ2v) is 5.99. The Morgan fingerprint density at radius 3 is 2.13 bits per heavy atom. The van der Waals surface area contributed by atoms with Gasteiger partial charge in [0.15, 0.2) is 0 Å². The van der Waals surface area contributed by atoms with Gasteiger partial charge >= 0.3 is 0 Å². The highest BCUT2D eigenvalue weighted by atomic mass is 16.2. The van der Waals surface area contributed by atoms with E-state index in [1.165, 1.54) is 5.56 Å². The number of carbonyl (C=O) groups excluding carboxylic acids is 2. The van der Waals surface area contributed by atoms with Crippen LogP contribution in [0.4, 0.5) is 0 Å². The van der Waals surface area contributed by atoms with E-state index in [0.29, 0.717) is 32.5 Å². The van der Waals surface area contributed by atoms with Crippen molar-refractivity contribution in [3.05, 3.63) is 35.9 Å². The van der Waals surface area contributed by atoms with E-state index in [1.54, 1.807) is 0 Å². The Morgan fingerprint density at radius 2 is 1.52 bits per heavy atom. The van der Waals surface area contributed by atoms with Gasteiger partial charge in [-0.2, -0.15) is 0 Å². The molecular weight excluding hydrogens is 290 g/mol. The van der Waals surface area contributed by atoms with Crippen LogP contribution in [0, 0.1) is 0 Å². The van der Waals surface area contributed by atoms with Crippen molar-refractivity contribution in [3.8, 4) is 0 Å². The van der Waals surface area contributed by atoms with E-state index < -0.39 is 0 Å². The number of nitrogens with zero attached hydrogens (tertiary/aromatic N) is 2. The van der Waals surface area contributed by atoms with Crippen molar-refractivity contribution in [2.75, 3.05) is 32.7 Å². The molecule has 1 aliphatic heterocycles. The molecule has 23 heavy (non-hydrogen) atoms. The van der Waals surface area contributed by atoms with Gasteiger partial charge in [0.2, 0.25) is 11.8 Å². The van der Waals surface area contributed by atoms with Crippen molar-refractivity contribution in [3.63, 3.8) is 0 Å². The molecule has 1 aromatic carbocycles. The quantitative estimate of drug-likeness (QED) is 0.863. The number of hydrogen-bond acceptors (Lipinski definition) is 3. The minimum Gasteiger partial charge on any atom is -0.341 e. The van der Waals surface area contributed by atoms with Gasteiger partial charge < -0.3 is 15.5 Å². The van der Waals surface area contributed by atoms with E-state index in [0.717, 1.165) is 32.4 Å². The summed E-state index contributed by atoms with van der Waals surface area (Å²) in [4.78, 5) is 28.2. The summed E-state index contributed by atoms with van der Waals surface area (Å²) < 4.78 is 0. The number of amides is 2. The molecule has 0 atom stereocenters. The molecule has 2 amide bonds. The van der Waals surface area contributed by atoms with Crippen LogP contribution in [0.15, 0.2) is 30.3 Å². The third-order valence-corrected chi connectivity index (χ3v) is 4.27. The first-order valence-corrected chi connectivity index (χ1v) is 8.50. The second kappa shape index (κ2) is 9.30. The maximum Gasteiger partial charge on any atom is 0.222 e. The number of rotatable bonds is 6. The minimum absolute atomic E-state index is 0.161. The highest BCUT2D eigenvalue weighted by Crippen LogP contribution is 2.09. The molecule has 0 aromatic heterocycles. The molecule has 1 saturated heterocycles. The highest BCUT2D eigenvalue weighted by Gasteiger charge is 2.21. The van der Waals surface area contributed by atoms with Crippen molar-refractivity contribution >= 4 is 11.8 Å². The van der Waals surface area contributed by atoms with Crippen LogP contribution in [0.1, 0.15) is 31.2 Å². The smallest absolute Gasteiger partial charge is 0.222 e. The van der Waals surface area contributed by atoms with Crippen molar-refractivity contribution in [2.45, 2.75) is 32.1 Å². The Bertz CT molecular complexity index is 504. The van der Waals surface area contributed by atoms with Crippen molar-refractivity contribution < 1.29 is 9.59 Å². The normalized spacial score (nSPS) is 15.3. The molecular formula is C18H27N3O2. The van der Waals surface area contributed by atoms with Crippen LogP contribution in [0.5, 0.6) is 0 Å². The van der Waals surface area contributed by atoms with E-state index in [9.17, 15) is 9.59 Å². The van der Waals surface area contributed by atoms with Crippen LogP contribution in [-0.2, 0) is 16.0 Å². The van der Waals surface area contributed by atoms with Crippen LogP contribution in [0.2, 0.25) is 0 Å². The van der Waals surface area contributed by atoms with Crippen LogP contribution >= 0.6 is 0 Å². The van der Waals surface area contributed by atoms with Gasteiger partial charge in [-0.25, -0.2) is 0 Å². The Balaban J connectivity index is 1.78. The van der Waals surface area contributed by atoms with E-state index in [4.69, 9.17) is 5.73 Å². The number of aryl methyl sites for hydroxylation is 1. The molecule has 2 rings (SSSR count). The number of hydrogen-bond donors (Lipinski definition) is 1. The Labute approximate surface area is 138 Å². The molecule has 1 heterocycles. The topological polar surface area (TPSA) is 66.6 Å². The lowest BCUT2D eigenvalue weighted by Crippen LogP contribution is -2.37. The maximum absolute atomic E-state index is 12.4. The first-order valence-electron chi connectivity index (χ1n) is 8.50. The third kappa shape index (κ3) is 5.67. The second-order valence-electron chi connectivity index (χ2n) is 5.99. The molecule has 1 fully saturated rings. The zero-order valence-corrected chi connectivity index (χ0v) is 13.7. The van der Waals surface area contributed by atoms with Gasteiger partial charge in [-0.3, -0.25) is 9.59 Å². The van der Waals surface area contributed by atoms with E-state index in [2.05, 4.69) is 0 Å². The Kier molecular flexibility index (Phi) is 7.07. The predicted molar refractivity (Wildman–Crippen MR) is 90.8 cm³/mol. The molecule has 0 bridgehead atoms. The SMILES string of the molecule is NCCCC(=O)N1CCCN(C(=O)CCc2ccccc2)CC1. The van der Waals surface area contributed by atoms with Gasteiger partial charge in [-0.1, -0.05) is 30.3 Å². The van der Waals surface area contributed by atoms with Crippen molar-refractivity contribution in [2.24, 2.45) is 5.73 Å². The molecule has 5 heteroatoms. The van der Waals surface area contributed by atoms with Crippen LogP contribution < -0.4 is 5.73 Å². The van der Waals surface area contributed by atoms with Gasteiger partial charge in [0.25, 0.3) is 0 Å². The molecule has 126 valence electrons. The van der Waals surface area contributed by atoms with Gasteiger partial charge in [0, 0.05) is 39.0 Å². The molecule has 0 aliphatic carbocycles. The van der Waals surface area contributed by atoms with E-state index in [-0.39, 0.29) is 11.8 Å². The van der Waals surface area contributed by atoms with Crippen LogP contribution in [0.25, 0.3) is 0 Å². The van der Waals surface area contributed by atoms with E-state index >= 15 is 0 Å². The monoisotopic (exact) mass is 317 g/mol. The van der Waals surface area contributed by atoms with Gasteiger partial charge in [0.05, 0.1) is 0 Å². The Hall–Kier alpha value is -1.88. The molecule has 5 nitrogen and oxygen atoms in total. The summed E-state index contributed by atoms with van der Waals surface area (Å²) in [5.74, 6) is 0.346. The lowest BCUT2D eigenvalue weighted by atomic mass is 10.1. The first-order chi connectivity index (χ1) is 11.2. The minimum atomic E-state index is 0.161. The molecule has 0 unspecified atom stereocenters. The maximum atomic E-state index is 12.4. The van der Waals surface area contributed by atoms with Crippen LogP contribution in [0.3, 0.4) is 0 Å². The summed E-state index contributed by atoms with van der Waals surface area (Å²) in [6, 6.07) is 10.1. The molecule has 1 aromatic rings. The third-order valence-electron chi connectivity index (χ3n) is 4.27. The fourth-order valence-corrected chi connectivity index (χ4v) is 2.88. The average Bonchev–Trinajstić information content (AvgIpc) is 2.84. The fraction of sp³-hybridized carbons (Fsp3) is 0.556. The standard InChI is InChI=1S/C18H27N3O2/c19-11-4-8-17(22)20-12-5-13-21(15-14-20)18(23)10-9-16-6-2-1-3-7-16/h1-3,6-7H,4-5,8-15,19H2. The Morgan fingerprint density at radius 1 is 0.913 bits per heavy atom. The molecule has 0 saturated carbocycles. The molecule has 0 spiro atoms. The summed E-state index contributed by atoms with van der Waals surface area (Å²) in [6.45, 7) is 3.31. The molecule has 0 radical (unpaired) electrons. The largest absolute Gasteiger partial charge is 0.341 e. The summed E-state index contributed by atoms with van der Waals surface area (Å²) in [7, 11) is 0. The zero-order valence-electron chi connectivity index (χ0n) is 13.7. The summed E-state index contributed by atoms with van der Waals surface area (Å²) in [6.07, 6.45) is 3.40. The van der Waals surface area contributed by atoms with Gasteiger partial charge in [-0.05, 0) is 31.4 Å². The number of benzene rings is 1. The van der Waals surface area contributed by atoms with Gasteiger partial charge in [-0.15, -0.1) is 0 Å². The first kappa shape index (κ1) is 17.5. The summed E-state index contributed by atoms with van der Waals surface area (Å²) in [5.41, 5.74) is 6.65. The van der Waals surface area contributed by atoms with Crippen LogP contribution in [-0.4, -0.2) is 54.3 Å². The van der Waals surface area contributed by atoms with Gasteiger partial charge in [0.1, 0.15) is 0 Å². The molecule has 2 N–H and O–H groups in total. The average molecular weight is 317 g/mol. The fourth-order valence-electron chi connectivity index (χ4n) is 2.88. The lowest BCUT2D eigenvalue weighted by molar-refractivity contribution is -0.133. The van der Waals surface area contributed by atoms with Crippen molar-refractivity contribution in [1.82, 2.24) is 9.80 Å². The number of carbonyl (C=O) groups is 2. The zero-order chi connectivity index (χ0) is 16.5. The number of nitrogens with two attached hydrogens (primary N) is 1. The highest BCUT2D eigenvalue weighted by molar-refractivity contribution is 5.78. The molecule has 1 aliphatic rings. The van der Waals surface area contributed by atoms with E-state index in [1.807, 2.05) is 40.1 Å². The summed E-state index contributed by atoms with van der Waals surface area (Å²) in [5, 5.41) is 0. The van der Waals surface area contributed by atoms with Crippen molar-refractivity contribution in [1.29, 1.82) is 0 Å².